The molecule has 3 atom stereocenters. The summed E-state index contributed by atoms with van der Waals surface area (Å²) in [5.41, 5.74) is 5.78. The largest absolute Gasteiger partial charge is 0.351 e. The number of halogens is 1. The Hall–Kier alpha value is -0.920. The minimum atomic E-state index is -0.561. The van der Waals surface area contributed by atoms with E-state index in [1.807, 2.05) is 6.07 Å². The molecule has 0 bridgehead atoms. The summed E-state index contributed by atoms with van der Waals surface area (Å²) in [5.74, 6) is -0.0273. The summed E-state index contributed by atoms with van der Waals surface area (Å²) in [7, 11) is 0. The van der Waals surface area contributed by atoms with Crippen LogP contribution in [0.2, 0.25) is 0 Å². The number of thiophene rings is 1. The predicted molar refractivity (Wildman–Crippen MR) is 91.9 cm³/mol. The van der Waals surface area contributed by atoms with E-state index in [9.17, 15) is 9.59 Å². The highest BCUT2D eigenvalue weighted by Crippen LogP contribution is 2.24. The van der Waals surface area contributed by atoms with Gasteiger partial charge in [0.15, 0.2) is 0 Å². The van der Waals surface area contributed by atoms with Crippen LogP contribution in [0.25, 0.3) is 0 Å². The number of nitrogens with one attached hydrogen (secondary N) is 2. The molecule has 1 saturated carbocycles. The summed E-state index contributed by atoms with van der Waals surface area (Å²) >= 11 is 4.67. The van der Waals surface area contributed by atoms with E-state index in [-0.39, 0.29) is 17.9 Å². The van der Waals surface area contributed by atoms with Gasteiger partial charge in [-0.2, -0.15) is 0 Å². The maximum Gasteiger partial charge on any atom is 0.262 e. The molecule has 0 aromatic carbocycles. The molecule has 4 N–H and O–H groups in total. The molecule has 1 fully saturated rings. The number of hydrogen-bond acceptors (Lipinski definition) is 4. The first-order chi connectivity index (χ1) is 10.5. The highest BCUT2D eigenvalue weighted by Gasteiger charge is 2.27. The van der Waals surface area contributed by atoms with E-state index in [1.165, 1.54) is 17.8 Å². The summed E-state index contributed by atoms with van der Waals surface area (Å²) in [6.45, 7) is 2.30. The van der Waals surface area contributed by atoms with E-state index < -0.39 is 6.04 Å². The number of carbonyl (C=O) groups excluding carboxylic acids is 2. The van der Waals surface area contributed by atoms with Crippen LogP contribution in [-0.2, 0) is 4.79 Å². The lowest BCUT2D eigenvalue weighted by molar-refractivity contribution is -0.123. The summed E-state index contributed by atoms with van der Waals surface area (Å²) in [5, 5.41) is 5.78. The first kappa shape index (κ1) is 17.4. The van der Waals surface area contributed by atoms with Crippen molar-refractivity contribution in [1.82, 2.24) is 10.6 Å². The fourth-order valence-corrected chi connectivity index (χ4v) is 4.05. The van der Waals surface area contributed by atoms with Gasteiger partial charge in [-0.25, -0.2) is 0 Å². The summed E-state index contributed by atoms with van der Waals surface area (Å²) in [6.07, 6.45) is 4.32. The Morgan fingerprint density at radius 2 is 2.14 bits per heavy atom. The van der Waals surface area contributed by atoms with Crippen molar-refractivity contribution >= 4 is 39.1 Å². The predicted octanol–water partition coefficient (Wildman–Crippen LogP) is 2.26. The van der Waals surface area contributed by atoms with Crippen LogP contribution in [0.15, 0.2) is 15.9 Å². The third kappa shape index (κ3) is 4.54. The highest BCUT2D eigenvalue weighted by atomic mass is 79.9. The van der Waals surface area contributed by atoms with Crippen LogP contribution in [-0.4, -0.2) is 30.4 Å². The van der Waals surface area contributed by atoms with Gasteiger partial charge in [-0.05, 0) is 60.3 Å². The average molecular weight is 388 g/mol. The smallest absolute Gasteiger partial charge is 0.262 e. The molecule has 3 unspecified atom stereocenters. The molecule has 0 aliphatic heterocycles. The fourth-order valence-electron chi connectivity index (χ4n) is 2.76. The third-order valence-electron chi connectivity index (χ3n) is 4.08. The first-order valence-electron chi connectivity index (χ1n) is 7.58. The van der Waals surface area contributed by atoms with E-state index >= 15 is 0 Å². The molecule has 2 amide bonds. The molecule has 7 heteroatoms. The standard InChI is InChI=1S/C15H22BrN3O2S/c1-9(18-15(21)12-6-7-13(16)22-12)14(20)19-11-5-3-2-4-10(11)8-17/h6-7,9-11H,2-5,8,17H2,1H3,(H,18,21)(H,19,20). The van der Waals surface area contributed by atoms with Crippen molar-refractivity contribution in [2.75, 3.05) is 6.54 Å². The maximum atomic E-state index is 12.3. The lowest BCUT2D eigenvalue weighted by atomic mass is 9.84. The minimum absolute atomic E-state index is 0.126. The van der Waals surface area contributed by atoms with E-state index in [0.29, 0.717) is 17.3 Å². The SMILES string of the molecule is CC(NC(=O)c1ccc(Br)s1)C(=O)NC1CCCCC1CN. The van der Waals surface area contributed by atoms with Crippen LogP contribution in [0.4, 0.5) is 0 Å². The van der Waals surface area contributed by atoms with Crippen LogP contribution in [0.1, 0.15) is 42.3 Å². The van der Waals surface area contributed by atoms with Gasteiger partial charge in [0, 0.05) is 6.04 Å². The molecule has 22 heavy (non-hydrogen) atoms. The molecule has 1 aliphatic rings. The van der Waals surface area contributed by atoms with Crippen molar-refractivity contribution in [1.29, 1.82) is 0 Å². The van der Waals surface area contributed by atoms with Crippen molar-refractivity contribution in [3.8, 4) is 0 Å². The van der Waals surface area contributed by atoms with Gasteiger partial charge in [0.1, 0.15) is 6.04 Å². The van der Waals surface area contributed by atoms with Gasteiger partial charge in [-0.1, -0.05) is 12.8 Å². The number of carbonyl (C=O) groups is 2. The number of rotatable bonds is 5. The summed E-state index contributed by atoms with van der Waals surface area (Å²) < 4.78 is 0.891. The molecule has 1 heterocycles. The van der Waals surface area contributed by atoms with Gasteiger partial charge in [-0.3, -0.25) is 9.59 Å². The minimum Gasteiger partial charge on any atom is -0.351 e. The number of nitrogens with two attached hydrogens (primary N) is 1. The number of amides is 2. The van der Waals surface area contributed by atoms with Crippen molar-refractivity contribution in [2.24, 2.45) is 11.7 Å². The van der Waals surface area contributed by atoms with Gasteiger partial charge in [0.05, 0.1) is 8.66 Å². The van der Waals surface area contributed by atoms with Crippen molar-refractivity contribution < 1.29 is 9.59 Å². The van der Waals surface area contributed by atoms with Gasteiger partial charge in [0.2, 0.25) is 5.91 Å². The van der Waals surface area contributed by atoms with E-state index in [1.54, 1.807) is 13.0 Å². The molecular weight excluding hydrogens is 366 g/mol. The Bertz CT molecular complexity index is 535. The Morgan fingerprint density at radius 1 is 1.41 bits per heavy atom. The van der Waals surface area contributed by atoms with Crippen molar-refractivity contribution in [3.05, 3.63) is 20.8 Å². The van der Waals surface area contributed by atoms with E-state index in [2.05, 4.69) is 26.6 Å². The van der Waals surface area contributed by atoms with Crippen LogP contribution >= 0.6 is 27.3 Å². The van der Waals surface area contributed by atoms with Crippen LogP contribution < -0.4 is 16.4 Å². The van der Waals surface area contributed by atoms with Crippen molar-refractivity contribution in [2.45, 2.75) is 44.7 Å². The molecule has 1 aliphatic carbocycles. The molecule has 122 valence electrons. The van der Waals surface area contributed by atoms with Crippen LogP contribution in [0, 0.1) is 5.92 Å². The van der Waals surface area contributed by atoms with Crippen LogP contribution in [0.5, 0.6) is 0 Å². The summed E-state index contributed by atoms with van der Waals surface area (Å²) in [4.78, 5) is 24.9. The Labute approximate surface area is 143 Å². The van der Waals surface area contributed by atoms with Gasteiger partial charge >= 0.3 is 0 Å². The van der Waals surface area contributed by atoms with Crippen LogP contribution in [0.3, 0.4) is 0 Å². The monoisotopic (exact) mass is 387 g/mol. The Morgan fingerprint density at radius 3 is 2.77 bits per heavy atom. The van der Waals surface area contributed by atoms with Gasteiger partial charge in [0.25, 0.3) is 5.91 Å². The molecular formula is C15H22BrN3O2S. The molecule has 5 nitrogen and oxygen atoms in total. The van der Waals surface area contributed by atoms with E-state index in [0.717, 1.165) is 23.0 Å². The molecule has 2 rings (SSSR count). The molecule has 1 aromatic rings. The zero-order chi connectivity index (χ0) is 16.1. The third-order valence-corrected chi connectivity index (χ3v) is 5.70. The lowest BCUT2D eigenvalue weighted by Gasteiger charge is -2.32. The highest BCUT2D eigenvalue weighted by molar-refractivity contribution is 9.11. The topological polar surface area (TPSA) is 84.2 Å². The second-order valence-electron chi connectivity index (χ2n) is 5.69. The molecule has 0 saturated heterocycles. The average Bonchev–Trinajstić information content (AvgIpc) is 2.94. The number of hydrogen-bond donors (Lipinski definition) is 3. The first-order valence-corrected chi connectivity index (χ1v) is 9.19. The fraction of sp³-hybridized carbons (Fsp3) is 0.600. The molecule has 0 radical (unpaired) electrons. The second kappa shape index (κ2) is 8.08. The lowest BCUT2D eigenvalue weighted by Crippen LogP contribution is -2.51. The molecule has 1 aromatic heterocycles. The summed E-state index contributed by atoms with van der Waals surface area (Å²) in [6, 6.07) is 3.12. The van der Waals surface area contributed by atoms with Gasteiger partial charge in [-0.15, -0.1) is 11.3 Å². The Balaban J connectivity index is 1.87. The van der Waals surface area contributed by atoms with Crippen molar-refractivity contribution in [3.63, 3.8) is 0 Å². The quantitative estimate of drug-likeness (QED) is 0.724. The zero-order valence-corrected chi connectivity index (χ0v) is 15.0. The second-order valence-corrected chi connectivity index (χ2v) is 8.16. The normalized spacial score (nSPS) is 22.9. The Kier molecular flexibility index (Phi) is 6.40. The maximum absolute atomic E-state index is 12.3. The van der Waals surface area contributed by atoms with Gasteiger partial charge < -0.3 is 16.4 Å². The van der Waals surface area contributed by atoms with E-state index in [4.69, 9.17) is 5.73 Å². The zero-order valence-electron chi connectivity index (χ0n) is 12.6. The molecule has 0 spiro atoms.